The number of nitrogens with one attached hydrogen (secondary N) is 2. The zero-order valence-corrected chi connectivity index (χ0v) is 19.6. The van der Waals surface area contributed by atoms with E-state index in [2.05, 4.69) is 41.3 Å². The molecule has 11 heteroatoms. The number of alkyl halides is 3. The van der Waals surface area contributed by atoms with E-state index >= 15 is 0 Å². The molecular formula is C23H32F3N3O5. The van der Waals surface area contributed by atoms with Crippen LogP contribution in [0.1, 0.15) is 31.2 Å². The van der Waals surface area contributed by atoms with Gasteiger partial charge in [-0.15, -0.1) is 6.58 Å². The smallest absolute Gasteiger partial charge is 0.490 e. The molecule has 0 unspecified atom stereocenters. The Hall–Kier alpha value is -2.95. The Labute approximate surface area is 197 Å². The number of halogens is 3. The van der Waals surface area contributed by atoms with Gasteiger partial charge in [-0.1, -0.05) is 12.1 Å². The molecule has 1 aromatic rings. The lowest BCUT2D eigenvalue weighted by molar-refractivity contribution is -0.192. The van der Waals surface area contributed by atoms with E-state index in [-0.39, 0.29) is 17.5 Å². The molecule has 1 saturated carbocycles. The molecule has 190 valence electrons. The lowest BCUT2D eigenvalue weighted by Gasteiger charge is -2.45. The van der Waals surface area contributed by atoms with Crippen LogP contribution in [-0.4, -0.2) is 74.6 Å². The van der Waals surface area contributed by atoms with Crippen molar-refractivity contribution in [3.8, 4) is 11.5 Å². The molecule has 0 spiro atoms. The van der Waals surface area contributed by atoms with Crippen LogP contribution >= 0.6 is 0 Å². The number of hydrogen-bond acceptors (Lipinski definition) is 5. The topological polar surface area (TPSA) is 100 Å². The first-order chi connectivity index (χ1) is 16.0. The fourth-order valence-corrected chi connectivity index (χ4v) is 4.80. The number of ether oxygens (including phenoxy) is 2. The number of carboxylic acids is 1. The molecule has 3 rings (SSSR count). The van der Waals surface area contributed by atoms with Crippen LogP contribution in [0.4, 0.5) is 18.0 Å². The molecule has 2 fully saturated rings. The summed E-state index contributed by atoms with van der Waals surface area (Å²) >= 11 is 0. The largest absolute Gasteiger partial charge is 0.493 e. The minimum absolute atomic E-state index is 0.101. The number of fused-ring (bicyclic) bond motifs is 1. The maximum absolute atomic E-state index is 12.0. The zero-order valence-electron chi connectivity index (χ0n) is 19.6. The van der Waals surface area contributed by atoms with Crippen molar-refractivity contribution in [3.63, 3.8) is 0 Å². The van der Waals surface area contributed by atoms with Gasteiger partial charge in [0.2, 0.25) is 0 Å². The first-order valence-corrected chi connectivity index (χ1v) is 10.9. The van der Waals surface area contributed by atoms with Gasteiger partial charge in [-0.2, -0.15) is 13.2 Å². The second-order valence-electron chi connectivity index (χ2n) is 8.39. The van der Waals surface area contributed by atoms with E-state index < -0.39 is 12.1 Å². The molecule has 34 heavy (non-hydrogen) atoms. The van der Waals surface area contributed by atoms with E-state index in [1.165, 1.54) is 5.56 Å². The summed E-state index contributed by atoms with van der Waals surface area (Å²) in [6.07, 6.45) is 0.697. The van der Waals surface area contributed by atoms with Gasteiger partial charge in [-0.05, 0) is 57.0 Å². The van der Waals surface area contributed by atoms with Gasteiger partial charge >= 0.3 is 18.2 Å². The Kier molecular flexibility index (Phi) is 9.20. The third-order valence-electron chi connectivity index (χ3n) is 6.47. The van der Waals surface area contributed by atoms with Crippen LogP contribution in [0.3, 0.4) is 0 Å². The molecule has 2 aliphatic rings. The molecule has 3 atom stereocenters. The summed E-state index contributed by atoms with van der Waals surface area (Å²) in [5.41, 5.74) is 1.41. The molecule has 2 amide bonds. The first kappa shape index (κ1) is 27.3. The minimum Gasteiger partial charge on any atom is -0.493 e. The Morgan fingerprint density at radius 2 is 1.91 bits per heavy atom. The van der Waals surface area contributed by atoms with E-state index in [0.29, 0.717) is 12.6 Å². The number of aliphatic carboxylic acids is 1. The molecular weight excluding hydrogens is 455 g/mol. The number of likely N-dealkylation sites (N-methyl/N-ethyl adjacent to an activating group) is 1. The molecule has 3 N–H and O–H groups in total. The highest BCUT2D eigenvalue weighted by molar-refractivity contribution is 5.74. The number of rotatable bonds is 6. The predicted octanol–water partition coefficient (Wildman–Crippen LogP) is 3.32. The molecule has 1 aliphatic heterocycles. The summed E-state index contributed by atoms with van der Waals surface area (Å²) in [7, 11) is 5.53. The third kappa shape index (κ3) is 6.34. The molecule has 1 aliphatic carbocycles. The number of methoxy groups -OCH3 is 2. The van der Waals surface area contributed by atoms with E-state index in [9.17, 15) is 18.0 Å². The monoisotopic (exact) mass is 487 g/mol. The highest BCUT2D eigenvalue weighted by Crippen LogP contribution is 2.49. The first-order valence-electron chi connectivity index (χ1n) is 10.9. The lowest BCUT2D eigenvalue weighted by atomic mass is 9.65. The molecule has 0 aromatic heterocycles. The Morgan fingerprint density at radius 3 is 2.47 bits per heavy atom. The summed E-state index contributed by atoms with van der Waals surface area (Å²) < 4.78 is 42.7. The van der Waals surface area contributed by atoms with Crippen molar-refractivity contribution in [2.24, 2.45) is 0 Å². The number of likely N-dealkylation sites (tertiary alicyclic amines) is 1. The van der Waals surface area contributed by atoms with E-state index in [1.54, 1.807) is 20.3 Å². The highest BCUT2D eigenvalue weighted by Gasteiger charge is 2.50. The minimum atomic E-state index is -5.08. The average molecular weight is 488 g/mol. The van der Waals surface area contributed by atoms with Gasteiger partial charge in [-0.3, -0.25) is 0 Å². The summed E-state index contributed by atoms with van der Waals surface area (Å²) in [5.74, 6) is -1.22. The van der Waals surface area contributed by atoms with E-state index in [4.69, 9.17) is 19.4 Å². The SMILES string of the molecule is C=CCNC(=O)N[C@@H]1CC[C@@]2(c3ccc(OC)c(OC)c3)CCN(C)[C@H]2C1.O=C(O)C(F)(F)F. The van der Waals surface area contributed by atoms with Crippen molar-refractivity contribution >= 4 is 12.0 Å². The van der Waals surface area contributed by atoms with Gasteiger partial charge in [0.25, 0.3) is 0 Å². The van der Waals surface area contributed by atoms with Gasteiger partial charge < -0.3 is 30.1 Å². The number of urea groups is 1. The van der Waals surface area contributed by atoms with Gasteiger partial charge in [0, 0.05) is 24.0 Å². The number of carboxylic acid groups (broad SMARTS) is 1. The van der Waals surface area contributed by atoms with Crippen LogP contribution in [0.15, 0.2) is 30.9 Å². The number of nitrogens with zero attached hydrogens (tertiary/aromatic N) is 1. The third-order valence-corrected chi connectivity index (χ3v) is 6.47. The summed E-state index contributed by atoms with van der Waals surface area (Å²) in [4.78, 5) is 23.4. The van der Waals surface area contributed by atoms with Gasteiger partial charge in [0.15, 0.2) is 11.5 Å². The lowest BCUT2D eigenvalue weighted by Crippen LogP contribution is -2.53. The summed E-state index contributed by atoms with van der Waals surface area (Å²) in [5, 5.41) is 13.1. The van der Waals surface area contributed by atoms with E-state index in [1.807, 2.05) is 6.07 Å². The molecule has 0 radical (unpaired) electrons. The Balaban J connectivity index is 0.000000509. The van der Waals surface area contributed by atoms with Crippen LogP contribution in [0.2, 0.25) is 0 Å². The fraction of sp³-hybridized carbons (Fsp3) is 0.565. The summed E-state index contributed by atoms with van der Waals surface area (Å²) in [6, 6.07) is 6.79. The second-order valence-corrected chi connectivity index (χ2v) is 8.39. The molecule has 0 bridgehead atoms. The van der Waals surface area contributed by atoms with Crippen LogP contribution in [-0.2, 0) is 10.2 Å². The molecule has 1 saturated heterocycles. The maximum Gasteiger partial charge on any atom is 0.490 e. The quantitative estimate of drug-likeness (QED) is 0.533. The van der Waals surface area contributed by atoms with Crippen molar-refractivity contribution in [2.75, 3.05) is 34.4 Å². The molecule has 1 heterocycles. The van der Waals surface area contributed by atoms with E-state index in [0.717, 1.165) is 43.7 Å². The van der Waals surface area contributed by atoms with Crippen molar-refractivity contribution in [1.82, 2.24) is 15.5 Å². The standard InChI is InChI=1S/C21H31N3O3.C2HF3O2/c1-5-11-22-20(25)23-16-8-9-21(10-12-24(2)19(21)14-16)15-6-7-17(26-3)18(13-15)27-4;3-2(4,5)1(6)7/h5-7,13,16,19H,1,8-12,14H2,2-4H3,(H2,22,23,25);(H,6,7)/t16-,19+,21+;/m1./s1. The number of carbonyl (C=O) groups excluding carboxylic acids is 1. The predicted molar refractivity (Wildman–Crippen MR) is 120 cm³/mol. The fourth-order valence-electron chi connectivity index (χ4n) is 4.80. The number of carbonyl (C=O) groups is 2. The molecule has 1 aromatic carbocycles. The number of hydrogen-bond donors (Lipinski definition) is 3. The number of amides is 2. The second kappa shape index (κ2) is 11.5. The van der Waals surface area contributed by atoms with Crippen molar-refractivity contribution in [1.29, 1.82) is 0 Å². The average Bonchev–Trinajstić information content (AvgIpc) is 3.14. The Morgan fingerprint density at radius 1 is 1.26 bits per heavy atom. The Bertz CT molecular complexity index is 880. The zero-order chi connectivity index (χ0) is 25.5. The van der Waals surface area contributed by atoms with Crippen molar-refractivity contribution in [2.45, 2.75) is 49.4 Å². The van der Waals surface area contributed by atoms with Crippen LogP contribution in [0, 0.1) is 0 Å². The maximum atomic E-state index is 12.0. The normalized spacial score (nSPS) is 24.2. The van der Waals surface area contributed by atoms with Gasteiger partial charge in [0.1, 0.15) is 0 Å². The summed E-state index contributed by atoms with van der Waals surface area (Å²) in [6.45, 7) is 5.18. The van der Waals surface area contributed by atoms with Crippen molar-refractivity contribution in [3.05, 3.63) is 36.4 Å². The van der Waals surface area contributed by atoms with Gasteiger partial charge in [-0.25, -0.2) is 9.59 Å². The number of benzene rings is 1. The van der Waals surface area contributed by atoms with Gasteiger partial charge in [0.05, 0.1) is 14.2 Å². The van der Waals surface area contributed by atoms with Crippen LogP contribution in [0.25, 0.3) is 0 Å². The molecule has 8 nitrogen and oxygen atoms in total. The van der Waals surface area contributed by atoms with Crippen LogP contribution < -0.4 is 20.1 Å². The highest BCUT2D eigenvalue weighted by atomic mass is 19.4. The van der Waals surface area contributed by atoms with Crippen molar-refractivity contribution < 1.29 is 37.3 Å². The van der Waals surface area contributed by atoms with Crippen LogP contribution in [0.5, 0.6) is 11.5 Å².